The summed E-state index contributed by atoms with van der Waals surface area (Å²) in [5.74, 6) is 0. The maximum Gasteiger partial charge on any atom is 0.417 e. The smallest absolute Gasteiger partial charge is 0.380 e. The van der Waals surface area contributed by atoms with Crippen LogP contribution in [0.1, 0.15) is 39.5 Å². The summed E-state index contributed by atoms with van der Waals surface area (Å²) < 4.78 is 37.3. The van der Waals surface area contributed by atoms with Gasteiger partial charge in [-0.2, -0.15) is 13.2 Å². The van der Waals surface area contributed by atoms with Crippen molar-refractivity contribution >= 4 is 0 Å². The van der Waals surface area contributed by atoms with E-state index in [-0.39, 0.29) is 12.8 Å². The lowest BCUT2D eigenvalue weighted by molar-refractivity contribution is -0.279. The van der Waals surface area contributed by atoms with Gasteiger partial charge in [-0.3, -0.25) is 0 Å². The van der Waals surface area contributed by atoms with Crippen LogP contribution in [0.15, 0.2) is 0 Å². The van der Waals surface area contributed by atoms with Gasteiger partial charge >= 0.3 is 6.18 Å². The molecule has 78 valence electrons. The molecule has 1 aliphatic carbocycles. The van der Waals surface area contributed by atoms with Crippen LogP contribution in [-0.2, 0) is 0 Å². The molecule has 0 bridgehead atoms. The molecule has 0 spiro atoms. The first kappa shape index (κ1) is 10.8. The fraction of sp³-hybridized carbons (Fsp3) is 1.00. The van der Waals surface area contributed by atoms with Gasteiger partial charge in [0.1, 0.15) is 0 Å². The molecule has 0 aromatic heterocycles. The molecule has 1 N–H and O–H groups in total. The molecule has 1 nitrogen and oxygen atoms in total. The van der Waals surface area contributed by atoms with Crippen LogP contribution < -0.4 is 0 Å². The second-order valence-electron chi connectivity index (χ2n) is 4.72. The van der Waals surface area contributed by atoms with Gasteiger partial charge in [-0.15, -0.1) is 0 Å². The van der Waals surface area contributed by atoms with Crippen molar-refractivity contribution < 1.29 is 18.3 Å². The molecule has 0 aromatic rings. The van der Waals surface area contributed by atoms with E-state index in [2.05, 4.69) is 0 Å². The van der Waals surface area contributed by atoms with Crippen molar-refractivity contribution in [1.82, 2.24) is 0 Å². The molecular weight excluding hydrogens is 181 g/mol. The van der Waals surface area contributed by atoms with Gasteiger partial charge < -0.3 is 5.11 Å². The Morgan fingerprint density at radius 1 is 1.15 bits per heavy atom. The van der Waals surface area contributed by atoms with E-state index in [9.17, 15) is 18.3 Å². The average Bonchev–Trinajstić information content (AvgIpc) is 1.80. The summed E-state index contributed by atoms with van der Waals surface area (Å²) in [6.45, 7) is 3.53. The van der Waals surface area contributed by atoms with Gasteiger partial charge in [0.2, 0.25) is 0 Å². The third-order valence-corrected chi connectivity index (χ3v) is 2.74. The van der Waals surface area contributed by atoms with E-state index in [0.717, 1.165) is 6.42 Å². The van der Waals surface area contributed by atoms with Crippen molar-refractivity contribution in [2.45, 2.75) is 51.3 Å². The summed E-state index contributed by atoms with van der Waals surface area (Å²) in [5.41, 5.74) is -2.85. The van der Waals surface area contributed by atoms with E-state index in [1.807, 2.05) is 0 Å². The quantitative estimate of drug-likeness (QED) is 0.631. The van der Waals surface area contributed by atoms with E-state index in [4.69, 9.17) is 0 Å². The van der Waals surface area contributed by atoms with Gasteiger partial charge in [-0.25, -0.2) is 0 Å². The third kappa shape index (κ3) is 2.16. The summed E-state index contributed by atoms with van der Waals surface area (Å²) in [7, 11) is 0. The van der Waals surface area contributed by atoms with Crippen LogP contribution in [0.4, 0.5) is 13.2 Å². The minimum atomic E-state index is -4.48. The van der Waals surface area contributed by atoms with Crippen LogP contribution in [0.3, 0.4) is 0 Å². The topological polar surface area (TPSA) is 20.2 Å². The maximum atomic E-state index is 12.4. The molecule has 13 heavy (non-hydrogen) atoms. The predicted molar refractivity (Wildman–Crippen MR) is 43.3 cm³/mol. The Morgan fingerprint density at radius 2 is 1.69 bits per heavy atom. The molecular formula is C9H15F3O. The Morgan fingerprint density at radius 3 is 2.00 bits per heavy atom. The number of hydrogen-bond donors (Lipinski definition) is 1. The van der Waals surface area contributed by atoms with Crippen LogP contribution >= 0.6 is 0 Å². The van der Waals surface area contributed by atoms with E-state index in [1.54, 1.807) is 13.8 Å². The highest BCUT2D eigenvalue weighted by molar-refractivity contribution is 4.95. The number of hydrogen-bond acceptors (Lipinski definition) is 1. The zero-order valence-electron chi connectivity index (χ0n) is 7.91. The molecule has 0 aromatic carbocycles. The number of aliphatic hydroxyl groups is 1. The van der Waals surface area contributed by atoms with Gasteiger partial charge in [-0.1, -0.05) is 13.8 Å². The summed E-state index contributed by atoms with van der Waals surface area (Å²) in [6, 6.07) is 0. The highest BCUT2D eigenvalue weighted by Crippen LogP contribution is 2.48. The van der Waals surface area contributed by atoms with Crippen molar-refractivity contribution in [1.29, 1.82) is 0 Å². The molecule has 1 rings (SSSR count). The standard InChI is InChI=1S/C9H15F3O/c1-7(2)4-3-5-8(13,6-7)9(10,11)12/h13H,3-6H2,1-2H3/t8-/m0/s1. The molecule has 0 aliphatic heterocycles. The molecule has 1 fully saturated rings. The normalized spacial score (nSPS) is 34.6. The van der Waals surface area contributed by atoms with Crippen LogP contribution in [-0.4, -0.2) is 16.9 Å². The van der Waals surface area contributed by atoms with Crippen LogP contribution in [0.5, 0.6) is 0 Å². The van der Waals surface area contributed by atoms with E-state index >= 15 is 0 Å². The van der Waals surface area contributed by atoms with Gasteiger partial charge in [0.15, 0.2) is 5.60 Å². The Labute approximate surface area is 75.9 Å². The van der Waals surface area contributed by atoms with E-state index in [0.29, 0.717) is 6.42 Å². The molecule has 0 heterocycles. The van der Waals surface area contributed by atoms with Crippen molar-refractivity contribution in [3.63, 3.8) is 0 Å². The molecule has 4 heteroatoms. The Hall–Kier alpha value is -0.250. The lowest BCUT2D eigenvalue weighted by atomic mass is 9.69. The van der Waals surface area contributed by atoms with Crippen molar-refractivity contribution in [3.8, 4) is 0 Å². The first-order valence-electron chi connectivity index (χ1n) is 4.45. The van der Waals surface area contributed by atoms with Crippen LogP contribution in [0.2, 0.25) is 0 Å². The van der Waals surface area contributed by atoms with Crippen molar-refractivity contribution in [2.24, 2.45) is 5.41 Å². The van der Waals surface area contributed by atoms with Gasteiger partial charge in [0, 0.05) is 0 Å². The second-order valence-corrected chi connectivity index (χ2v) is 4.72. The first-order valence-corrected chi connectivity index (χ1v) is 4.45. The molecule has 1 saturated carbocycles. The molecule has 0 radical (unpaired) electrons. The van der Waals surface area contributed by atoms with Crippen LogP contribution in [0, 0.1) is 5.41 Å². The Bertz CT molecular complexity index is 198. The summed E-state index contributed by atoms with van der Waals surface area (Å²) >= 11 is 0. The van der Waals surface area contributed by atoms with Crippen LogP contribution in [0.25, 0.3) is 0 Å². The number of alkyl halides is 3. The SMILES string of the molecule is CC1(C)CCC[C@@](O)(C(F)(F)F)C1. The fourth-order valence-corrected chi connectivity index (χ4v) is 2.07. The molecule has 0 unspecified atom stereocenters. The lowest BCUT2D eigenvalue weighted by Gasteiger charge is -2.42. The third-order valence-electron chi connectivity index (χ3n) is 2.74. The monoisotopic (exact) mass is 196 g/mol. The minimum absolute atomic E-state index is 0.153. The van der Waals surface area contributed by atoms with Gasteiger partial charge in [-0.05, 0) is 31.1 Å². The zero-order valence-corrected chi connectivity index (χ0v) is 7.91. The largest absolute Gasteiger partial charge is 0.417 e. The average molecular weight is 196 g/mol. The highest BCUT2D eigenvalue weighted by atomic mass is 19.4. The highest BCUT2D eigenvalue weighted by Gasteiger charge is 2.56. The molecule has 0 amide bonds. The Kier molecular flexibility index (Phi) is 2.39. The Balaban J connectivity index is 2.81. The first-order chi connectivity index (χ1) is 5.66. The molecule has 1 atom stereocenters. The molecule has 0 saturated heterocycles. The predicted octanol–water partition coefficient (Wildman–Crippen LogP) is 2.88. The van der Waals surface area contributed by atoms with Crippen molar-refractivity contribution in [2.75, 3.05) is 0 Å². The lowest BCUT2D eigenvalue weighted by Crippen LogP contribution is -2.50. The molecule has 1 aliphatic rings. The fourth-order valence-electron chi connectivity index (χ4n) is 2.07. The van der Waals surface area contributed by atoms with E-state index in [1.165, 1.54) is 0 Å². The van der Waals surface area contributed by atoms with Gasteiger partial charge in [0.05, 0.1) is 0 Å². The van der Waals surface area contributed by atoms with Gasteiger partial charge in [0.25, 0.3) is 0 Å². The maximum absolute atomic E-state index is 12.4. The minimum Gasteiger partial charge on any atom is -0.380 e. The summed E-state index contributed by atoms with van der Waals surface area (Å²) in [5, 5.41) is 9.42. The number of rotatable bonds is 0. The van der Waals surface area contributed by atoms with Crippen molar-refractivity contribution in [3.05, 3.63) is 0 Å². The summed E-state index contributed by atoms with van der Waals surface area (Å²) in [4.78, 5) is 0. The number of halogens is 3. The second kappa shape index (κ2) is 2.87. The van der Waals surface area contributed by atoms with E-state index < -0.39 is 17.2 Å². The zero-order chi connectivity index (χ0) is 10.3. The summed E-state index contributed by atoms with van der Waals surface area (Å²) in [6.07, 6.45) is -3.61.